The van der Waals surface area contributed by atoms with E-state index >= 15 is 0 Å². The van der Waals surface area contributed by atoms with E-state index in [0.29, 0.717) is 18.3 Å². The summed E-state index contributed by atoms with van der Waals surface area (Å²) in [6.07, 6.45) is 5.84. The van der Waals surface area contributed by atoms with Gasteiger partial charge in [0.15, 0.2) is 0 Å². The first-order valence-electron chi connectivity index (χ1n) is 6.72. The van der Waals surface area contributed by atoms with Gasteiger partial charge in [-0.3, -0.25) is 14.9 Å². The van der Waals surface area contributed by atoms with Crippen LogP contribution in [-0.4, -0.2) is 29.4 Å². The minimum Gasteiger partial charge on any atom is -0.372 e. The van der Waals surface area contributed by atoms with Crippen LogP contribution in [0, 0.1) is 16.0 Å². The van der Waals surface area contributed by atoms with Crippen LogP contribution in [0.1, 0.15) is 36.0 Å². The van der Waals surface area contributed by atoms with Crippen LogP contribution in [0.4, 0.5) is 11.5 Å². The molecule has 0 aromatic carbocycles. The summed E-state index contributed by atoms with van der Waals surface area (Å²) in [7, 11) is 1.62. The minimum absolute atomic E-state index is 0.187. The van der Waals surface area contributed by atoms with Crippen LogP contribution in [0.3, 0.4) is 0 Å². The fourth-order valence-corrected chi connectivity index (χ4v) is 2.19. The third-order valence-electron chi connectivity index (χ3n) is 3.63. The van der Waals surface area contributed by atoms with Crippen LogP contribution in [0.2, 0.25) is 0 Å². The fraction of sp³-hybridized carbons (Fsp3) is 0.538. The standard InChI is InChI=1S/C13H18N4O3/c1-14-12-11(7-10(8-16-12)17(19)20)13(18)15-6-5-9-3-2-4-9/h7-9H,2-6H2,1H3,(H,14,16)(H,15,18). The van der Waals surface area contributed by atoms with E-state index in [9.17, 15) is 14.9 Å². The van der Waals surface area contributed by atoms with Gasteiger partial charge < -0.3 is 10.6 Å². The Hall–Kier alpha value is -2.18. The predicted molar refractivity (Wildman–Crippen MR) is 74.7 cm³/mol. The molecule has 0 bridgehead atoms. The first kappa shape index (κ1) is 14.2. The van der Waals surface area contributed by atoms with Crippen LogP contribution < -0.4 is 10.6 Å². The molecule has 0 aliphatic heterocycles. The molecule has 0 unspecified atom stereocenters. The second-order valence-corrected chi connectivity index (χ2v) is 4.94. The summed E-state index contributed by atoms with van der Waals surface area (Å²) in [6.45, 7) is 0.593. The molecule has 0 radical (unpaired) electrons. The molecule has 7 heteroatoms. The molecular weight excluding hydrogens is 260 g/mol. The number of anilines is 1. The van der Waals surface area contributed by atoms with Crippen molar-refractivity contribution < 1.29 is 9.72 Å². The topological polar surface area (TPSA) is 97.2 Å². The van der Waals surface area contributed by atoms with Crippen LogP contribution in [0.25, 0.3) is 0 Å². The van der Waals surface area contributed by atoms with Crippen LogP contribution in [0.15, 0.2) is 12.3 Å². The molecule has 1 aromatic heterocycles. The quantitative estimate of drug-likeness (QED) is 0.612. The second kappa shape index (κ2) is 6.31. The first-order chi connectivity index (χ1) is 9.61. The fourth-order valence-electron chi connectivity index (χ4n) is 2.19. The van der Waals surface area contributed by atoms with E-state index in [1.165, 1.54) is 25.3 Å². The smallest absolute Gasteiger partial charge is 0.288 e. The van der Waals surface area contributed by atoms with Gasteiger partial charge in [0.2, 0.25) is 0 Å². The summed E-state index contributed by atoms with van der Waals surface area (Å²) in [4.78, 5) is 26.2. The monoisotopic (exact) mass is 278 g/mol. The van der Waals surface area contributed by atoms with Gasteiger partial charge in [-0.05, 0) is 12.3 Å². The number of hydrogen-bond donors (Lipinski definition) is 2. The van der Waals surface area contributed by atoms with Crippen molar-refractivity contribution in [2.24, 2.45) is 5.92 Å². The summed E-state index contributed by atoms with van der Waals surface area (Å²) in [5, 5.41) is 16.3. The molecule has 1 fully saturated rings. The van der Waals surface area contributed by atoms with Crippen molar-refractivity contribution in [2.45, 2.75) is 25.7 Å². The van der Waals surface area contributed by atoms with E-state index in [-0.39, 0.29) is 17.2 Å². The van der Waals surface area contributed by atoms with Gasteiger partial charge in [0.25, 0.3) is 11.6 Å². The zero-order valence-corrected chi connectivity index (χ0v) is 11.4. The molecule has 0 saturated heterocycles. The summed E-state index contributed by atoms with van der Waals surface area (Å²) < 4.78 is 0. The molecule has 108 valence electrons. The Morgan fingerprint density at radius 2 is 2.30 bits per heavy atom. The highest BCUT2D eigenvalue weighted by molar-refractivity contribution is 5.99. The Balaban J connectivity index is 2.02. The largest absolute Gasteiger partial charge is 0.372 e. The number of amides is 1. The number of nitrogens with zero attached hydrogens (tertiary/aromatic N) is 2. The van der Waals surface area contributed by atoms with Crippen molar-refractivity contribution in [2.75, 3.05) is 18.9 Å². The van der Waals surface area contributed by atoms with Crippen LogP contribution in [0.5, 0.6) is 0 Å². The highest BCUT2D eigenvalue weighted by Gasteiger charge is 2.19. The summed E-state index contributed by atoms with van der Waals surface area (Å²) in [5.74, 6) is 0.726. The third kappa shape index (κ3) is 3.23. The Morgan fingerprint density at radius 3 is 2.85 bits per heavy atom. The van der Waals surface area contributed by atoms with E-state index in [4.69, 9.17) is 0 Å². The van der Waals surface area contributed by atoms with Crippen molar-refractivity contribution in [3.05, 3.63) is 27.9 Å². The van der Waals surface area contributed by atoms with Gasteiger partial charge in [0.05, 0.1) is 10.5 Å². The van der Waals surface area contributed by atoms with Gasteiger partial charge in [0, 0.05) is 19.7 Å². The molecule has 0 spiro atoms. The molecule has 1 aliphatic rings. The number of rotatable bonds is 6. The molecule has 0 atom stereocenters. The van der Waals surface area contributed by atoms with Crippen molar-refractivity contribution >= 4 is 17.4 Å². The SMILES string of the molecule is CNc1ncc([N+](=O)[O-])cc1C(=O)NCCC1CCC1. The molecule has 20 heavy (non-hydrogen) atoms. The Morgan fingerprint density at radius 1 is 1.55 bits per heavy atom. The van der Waals surface area contributed by atoms with E-state index in [1.807, 2.05) is 0 Å². The number of nitrogens with one attached hydrogen (secondary N) is 2. The van der Waals surface area contributed by atoms with Crippen molar-refractivity contribution in [1.29, 1.82) is 0 Å². The molecule has 2 rings (SSSR count). The zero-order chi connectivity index (χ0) is 14.5. The molecular formula is C13H18N4O3. The van der Waals surface area contributed by atoms with E-state index in [1.54, 1.807) is 7.05 Å². The zero-order valence-electron chi connectivity index (χ0n) is 11.4. The average Bonchev–Trinajstić information content (AvgIpc) is 2.40. The Labute approximate surface area is 116 Å². The van der Waals surface area contributed by atoms with E-state index in [2.05, 4.69) is 15.6 Å². The van der Waals surface area contributed by atoms with E-state index in [0.717, 1.165) is 12.6 Å². The number of carbonyl (C=O) groups is 1. The van der Waals surface area contributed by atoms with Gasteiger partial charge in [0.1, 0.15) is 12.0 Å². The molecule has 1 saturated carbocycles. The third-order valence-corrected chi connectivity index (χ3v) is 3.63. The van der Waals surface area contributed by atoms with Gasteiger partial charge >= 0.3 is 0 Å². The maximum Gasteiger partial charge on any atom is 0.288 e. The van der Waals surface area contributed by atoms with Crippen molar-refractivity contribution in [3.8, 4) is 0 Å². The van der Waals surface area contributed by atoms with Gasteiger partial charge in [-0.15, -0.1) is 0 Å². The molecule has 7 nitrogen and oxygen atoms in total. The molecule has 1 heterocycles. The van der Waals surface area contributed by atoms with Crippen LogP contribution >= 0.6 is 0 Å². The van der Waals surface area contributed by atoms with E-state index < -0.39 is 4.92 Å². The molecule has 1 aliphatic carbocycles. The average molecular weight is 278 g/mol. The second-order valence-electron chi connectivity index (χ2n) is 4.94. The van der Waals surface area contributed by atoms with Gasteiger partial charge in [-0.2, -0.15) is 0 Å². The number of aromatic nitrogens is 1. The van der Waals surface area contributed by atoms with Gasteiger partial charge in [-0.25, -0.2) is 4.98 Å². The Bertz CT molecular complexity index is 514. The van der Waals surface area contributed by atoms with Crippen molar-refractivity contribution in [3.63, 3.8) is 0 Å². The summed E-state index contributed by atoms with van der Waals surface area (Å²) >= 11 is 0. The highest BCUT2D eigenvalue weighted by Crippen LogP contribution is 2.28. The first-order valence-corrected chi connectivity index (χ1v) is 6.72. The normalized spacial score (nSPS) is 14.4. The number of hydrogen-bond acceptors (Lipinski definition) is 5. The lowest BCUT2D eigenvalue weighted by Gasteiger charge is -2.25. The lowest BCUT2D eigenvalue weighted by Crippen LogP contribution is -2.28. The Kier molecular flexibility index (Phi) is 4.49. The number of carbonyl (C=O) groups excluding carboxylic acids is 1. The maximum absolute atomic E-state index is 12.1. The number of pyridine rings is 1. The highest BCUT2D eigenvalue weighted by atomic mass is 16.6. The molecule has 2 N–H and O–H groups in total. The lowest BCUT2D eigenvalue weighted by atomic mass is 9.83. The van der Waals surface area contributed by atoms with Crippen LogP contribution in [-0.2, 0) is 0 Å². The summed E-state index contributed by atoms with van der Waals surface area (Å²) in [5.41, 5.74) is 0.0171. The lowest BCUT2D eigenvalue weighted by molar-refractivity contribution is -0.385. The van der Waals surface area contributed by atoms with Crippen molar-refractivity contribution in [1.82, 2.24) is 10.3 Å². The summed E-state index contributed by atoms with van der Waals surface area (Å²) in [6, 6.07) is 1.25. The molecule has 1 amide bonds. The number of nitro groups is 1. The minimum atomic E-state index is -0.558. The van der Waals surface area contributed by atoms with Gasteiger partial charge in [-0.1, -0.05) is 19.3 Å². The maximum atomic E-state index is 12.1. The predicted octanol–water partition coefficient (Wildman–Crippen LogP) is 1.95. The molecule has 1 aromatic rings.